The number of rotatable bonds is 3. The van der Waals surface area contributed by atoms with Crippen molar-refractivity contribution in [2.45, 2.75) is 43.7 Å². The van der Waals surface area contributed by atoms with Crippen LogP contribution in [0, 0.1) is 0 Å². The lowest BCUT2D eigenvalue weighted by atomic mass is 9.83. The number of hydrogen-bond acceptors (Lipinski definition) is 6. The molecule has 27 heavy (non-hydrogen) atoms. The SMILES string of the molecule is CS(=O)(=O)NC1CCN(C(=O)c2cc3c(s2)CCOC32CCNCC2)CC1. The lowest BCUT2D eigenvalue weighted by Gasteiger charge is -2.40. The number of thiophene rings is 1. The van der Waals surface area contributed by atoms with Crippen LogP contribution < -0.4 is 10.0 Å². The van der Waals surface area contributed by atoms with Crippen molar-refractivity contribution < 1.29 is 17.9 Å². The largest absolute Gasteiger partial charge is 0.370 e. The average Bonchev–Trinajstić information content (AvgIpc) is 3.07. The molecule has 7 nitrogen and oxygen atoms in total. The minimum absolute atomic E-state index is 0.0660. The molecule has 1 spiro atoms. The number of hydrogen-bond donors (Lipinski definition) is 2. The maximum Gasteiger partial charge on any atom is 0.263 e. The first-order valence-electron chi connectivity index (χ1n) is 9.61. The number of sulfonamides is 1. The Labute approximate surface area is 164 Å². The quantitative estimate of drug-likeness (QED) is 0.774. The van der Waals surface area contributed by atoms with E-state index in [1.54, 1.807) is 11.3 Å². The maximum absolute atomic E-state index is 13.0. The van der Waals surface area contributed by atoms with Crippen LogP contribution in [0.3, 0.4) is 0 Å². The Morgan fingerprint density at radius 2 is 2.04 bits per heavy atom. The van der Waals surface area contributed by atoms with Crippen molar-refractivity contribution >= 4 is 27.3 Å². The van der Waals surface area contributed by atoms with Gasteiger partial charge in [0.05, 0.1) is 23.3 Å². The third kappa shape index (κ3) is 4.07. The molecule has 1 aromatic rings. The fourth-order valence-electron chi connectivity index (χ4n) is 4.43. The molecule has 0 saturated carbocycles. The zero-order valence-electron chi connectivity index (χ0n) is 15.6. The van der Waals surface area contributed by atoms with Crippen molar-refractivity contribution in [3.05, 3.63) is 21.4 Å². The smallest absolute Gasteiger partial charge is 0.263 e. The second-order valence-electron chi connectivity index (χ2n) is 7.75. The zero-order chi connectivity index (χ0) is 19.1. The fourth-order valence-corrected chi connectivity index (χ4v) is 6.47. The lowest BCUT2D eigenvalue weighted by molar-refractivity contribution is -0.0792. The predicted octanol–water partition coefficient (Wildman–Crippen LogP) is 1.05. The van der Waals surface area contributed by atoms with Gasteiger partial charge in [-0.15, -0.1) is 11.3 Å². The topological polar surface area (TPSA) is 87.7 Å². The van der Waals surface area contributed by atoms with Crippen LogP contribution in [0.2, 0.25) is 0 Å². The number of nitrogens with one attached hydrogen (secondary N) is 2. The molecule has 3 aliphatic rings. The summed E-state index contributed by atoms with van der Waals surface area (Å²) < 4.78 is 31.6. The Kier molecular flexibility index (Phi) is 5.32. The molecule has 0 aliphatic carbocycles. The third-order valence-corrected chi connectivity index (χ3v) is 7.74. The summed E-state index contributed by atoms with van der Waals surface area (Å²) in [5, 5.41) is 3.39. The van der Waals surface area contributed by atoms with Crippen LogP contribution in [0.15, 0.2) is 6.07 Å². The van der Waals surface area contributed by atoms with Gasteiger partial charge in [-0.05, 0) is 50.4 Å². The van der Waals surface area contributed by atoms with E-state index in [2.05, 4.69) is 16.1 Å². The lowest BCUT2D eigenvalue weighted by Crippen LogP contribution is -2.46. The third-order valence-electron chi connectivity index (χ3n) is 5.79. The van der Waals surface area contributed by atoms with Gasteiger partial charge in [0.25, 0.3) is 5.91 Å². The summed E-state index contributed by atoms with van der Waals surface area (Å²) >= 11 is 1.61. The molecular weight excluding hydrogens is 386 g/mol. The van der Waals surface area contributed by atoms with Crippen LogP contribution in [0.5, 0.6) is 0 Å². The van der Waals surface area contributed by atoms with Gasteiger partial charge in [0.1, 0.15) is 0 Å². The summed E-state index contributed by atoms with van der Waals surface area (Å²) in [6.45, 7) is 3.78. The summed E-state index contributed by atoms with van der Waals surface area (Å²) in [5.41, 5.74) is 0.998. The number of likely N-dealkylation sites (tertiary alicyclic amines) is 1. The summed E-state index contributed by atoms with van der Waals surface area (Å²) in [6.07, 6.45) is 5.27. The average molecular weight is 414 g/mol. The molecule has 9 heteroatoms. The van der Waals surface area contributed by atoms with E-state index in [1.807, 2.05) is 4.90 Å². The van der Waals surface area contributed by atoms with Crippen LogP contribution >= 0.6 is 11.3 Å². The van der Waals surface area contributed by atoms with Gasteiger partial charge < -0.3 is 15.0 Å². The molecule has 0 atom stereocenters. The minimum atomic E-state index is -3.20. The van der Waals surface area contributed by atoms with Crippen molar-refractivity contribution in [3.8, 4) is 0 Å². The highest BCUT2D eigenvalue weighted by Gasteiger charge is 2.41. The van der Waals surface area contributed by atoms with E-state index in [4.69, 9.17) is 4.74 Å². The number of amides is 1. The van der Waals surface area contributed by atoms with Gasteiger partial charge >= 0.3 is 0 Å². The van der Waals surface area contributed by atoms with Crippen molar-refractivity contribution in [1.82, 2.24) is 14.9 Å². The van der Waals surface area contributed by atoms with Crippen molar-refractivity contribution in [2.75, 3.05) is 39.0 Å². The highest BCUT2D eigenvalue weighted by atomic mass is 32.2. The van der Waals surface area contributed by atoms with Crippen molar-refractivity contribution in [1.29, 1.82) is 0 Å². The molecule has 4 rings (SSSR count). The maximum atomic E-state index is 13.0. The number of carbonyl (C=O) groups excluding carboxylic acids is 1. The molecule has 2 saturated heterocycles. The van der Waals surface area contributed by atoms with Gasteiger partial charge in [0.15, 0.2) is 0 Å². The molecule has 4 heterocycles. The van der Waals surface area contributed by atoms with E-state index >= 15 is 0 Å². The van der Waals surface area contributed by atoms with Crippen LogP contribution in [0.1, 0.15) is 45.8 Å². The molecule has 0 radical (unpaired) electrons. The van der Waals surface area contributed by atoms with Gasteiger partial charge in [0, 0.05) is 30.4 Å². The minimum Gasteiger partial charge on any atom is -0.370 e. The Hall–Kier alpha value is -1.00. The van der Waals surface area contributed by atoms with Gasteiger partial charge in [-0.1, -0.05) is 0 Å². The summed E-state index contributed by atoms with van der Waals surface area (Å²) in [5.74, 6) is 0.0660. The van der Waals surface area contributed by atoms with E-state index < -0.39 is 10.0 Å². The number of ether oxygens (including phenoxy) is 1. The van der Waals surface area contributed by atoms with Crippen LogP contribution in [-0.2, 0) is 26.8 Å². The van der Waals surface area contributed by atoms with Crippen molar-refractivity contribution in [2.24, 2.45) is 0 Å². The number of fused-ring (bicyclic) bond motifs is 2. The van der Waals surface area contributed by atoms with E-state index in [0.29, 0.717) is 25.9 Å². The predicted molar refractivity (Wildman–Crippen MR) is 105 cm³/mol. The second kappa shape index (κ2) is 7.44. The van der Waals surface area contributed by atoms with Crippen LogP contribution in [0.4, 0.5) is 0 Å². The zero-order valence-corrected chi connectivity index (χ0v) is 17.3. The summed E-state index contributed by atoms with van der Waals surface area (Å²) in [6, 6.07) is 1.99. The molecule has 2 fully saturated rings. The van der Waals surface area contributed by atoms with E-state index in [-0.39, 0.29) is 17.6 Å². The van der Waals surface area contributed by atoms with Crippen LogP contribution in [0.25, 0.3) is 0 Å². The number of piperidine rings is 2. The summed E-state index contributed by atoms with van der Waals surface area (Å²) in [7, 11) is -3.20. The molecule has 1 aromatic heterocycles. The Bertz CT molecular complexity index is 807. The molecular formula is C18H27N3O4S2. The van der Waals surface area contributed by atoms with E-state index in [0.717, 1.165) is 43.8 Å². The van der Waals surface area contributed by atoms with Crippen molar-refractivity contribution in [3.63, 3.8) is 0 Å². The molecule has 0 bridgehead atoms. The highest BCUT2D eigenvalue weighted by Crippen LogP contribution is 2.43. The molecule has 0 unspecified atom stereocenters. The van der Waals surface area contributed by atoms with Gasteiger partial charge in [0.2, 0.25) is 10.0 Å². The molecule has 1 amide bonds. The first-order valence-corrected chi connectivity index (χ1v) is 12.3. The second-order valence-corrected chi connectivity index (χ2v) is 10.7. The monoisotopic (exact) mass is 413 g/mol. The van der Waals surface area contributed by atoms with E-state index in [9.17, 15) is 13.2 Å². The van der Waals surface area contributed by atoms with Gasteiger partial charge in [-0.3, -0.25) is 4.79 Å². The fraction of sp³-hybridized carbons (Fsp3) is 0.722. The van der Waals surface area contributed by atoms with E-state index in [1.165, 1.54) is 16.7 Å². The summed E-state index contributed by atoms with van der Waals surface area (Å²) in [4.78, 5) is 17.0. The Balaban J connectivity index is 1.46. The molecule has 3 aliphatic heterocycles. The van der Waals surface area contributed by atoms with Crippen LogP contribution in [-0.4, -0.2) is 64.3 Å². The number of carbonyl (C=O) groups is 1. The first kappa shape index (κ1) is 19.3. The number of nitrogens with zero attached hydrogens (tertiary/aromatic N) is 1. The standard InChI is InChI=1S/C18H27N3O4S2/c1-27(23,24)20-13-2-9-21(10-3-13)17(22)16-12-14-15(26-16)4-11-25-18(14)5-7-19-8-6-18/h12-13,19-20H,2-11H2,1H3. The Morgan fingerprint density at radius 1 is 1.33 bits per heavy atom. The Morgan fingerprint density at radius 3 is 2.70 bits per heavy atom. The molecule has 0 aromatic carbocycles. The molecule has 150 valence electrons. The first-order chi connectivity index (χ1) is 12.9. The van der Waals surface area contributed by atoms with Gasteiger partial charge in [-0.2, -0.15) is 0 Å². The van der Waals surface area contributed by atoms with Gasteiger partial charge in [-0.25, -0.2) is 13.1 Å². The molecule has 2 N–H and O–H groups in total. The normalized spacial score (nSPS) is 23.4. The highest BCUT2D eigenvalue weighted by molar-refractivity contribution is 7.88.